The normalized spacial score (nSPS) is 15.6. The van der Waals surface area contributed by atoms with E-state index in [-0.39, 0.29) is 20.6 Å². The molecule has 1 heterocycles. The highest BCUT2D eigenvalue weighted by Crippen LogP contribution is 2.25. The Hall–Kier alpha value is -1.25. The molecule has 2 rings (SSSR count). The van der Waals surface area contributed by atoms with E-state index in [1.165, 1.54) is 0 Å². The van der Waals surface area contributed by atoms with E-state index in [0.717, 1.165) is 5.06 Å². The van der Waals surface area contributed by atoms with Gasteiger partial charge in [-0.3, -0.25) is 9.59 Å². The van der Waals surface area contributed by atoms with Crippen LogP contribution in [0, 0.1) is 0 Å². The van der Waals surface area contributed by atoms with Crippen LogP contribution >= 0.6 is 8.81 Å². The van der Waals surface area contributed by atoms with E-state index >= 15 is 0 Å². The largest absolute Gasteiger partial charge is 0.286 e. The lowest BCUT2D eigenvalue weighted by Crippen LogP contribution is -2.26. The molecule has 0 fully saturated rings. The van der Waals surface area contributed by atoms with Gasteiger partial charge in [0.15, 0.2) is 0 Å². The second-order valence-electron chi connectivity index (χ2n) is 2.75. The molecule has 0 aliphatic carbocycles. The first kappa shape index (κ1) is 9.31. The Morgan fingerprint density at radius 3 is 2.07 bits per heavy atom. The minimum atomic E-state index is -0.375. The number of carbonyl (C=O) groups excluding carboxylic acids is 2. The third-order valence-corrected chi connectivity index (χ3v) is 2.30. The van der Waals surface area contributed by atoms with Crippen LogP contribution in [0.25, 0.3) is 0 Å². The maximum Gasteiger partial charge on any atom is 0.286 e. The topological polar surface area (TPSA) is 46.6 Å². The first-order chi connectivity index (χ1) is 6.75. The van der Waals surface area contributed by atoms with Crippen LogP contribution in [0.15, 0.2) is 24.3 Å². The van der Waals surface area contributed by atoms with Gasteiger partial charge in [0.1, 0.15) is 0 Å². The molecule has 1 aliphatic rings. The molecule has 2 amide bonds. The standard InChI is InChI=1S/C9H8NO3P/c1-14-13-10-8(11)6-4-2-3-5-7(6)9(10)12/h2-5,14H,1H3. The monoisotopic (exact) mass is 209 g/mol. The first-order valence-electron chi connectivity index (χ1n) is 4.07. The Kier molecular flexibility index (Phi) is 2.32. The summed E-state index contributed by atoms with van der Waals surface area (Å²) < 4.78 is 4.97. The van der Waals surface area contributed by atoms with E-state index in [9.17, 15) is 9.59 Å². The molecule has 0 aromatic heterocycles. The summed E-state index contributed by atoms with van der Waals surface area (Å²) >= 11 is 0. The predicted octanol–water partition coefficient (Wildman–Crippen LogP) is 1.44. The van der Waals surface area contributed by atoms with Gasteiger partial charge in [0.2, 0.25) is 0 Å². The number of hydroxylamine groups is 2. The van der Waals surface area contributed by atoms with Crippen LogP contribution in [0.1, 0.15) is 20.7 Å². The lowest BCUT2D eigenvalue weighted by atomic mass is 10.1. The summed E-state index contributed by atoms with van der Waals surface area (Å²) in [4.78, 5) is 23.2. The molecular weight excluding hydrogens is 201 g/mol. The number of nitrogens with zero attached hydrogens (tertiary/aromatic N) is 1. The molecule has 72 valence electrons. The van der Waals surface area contributed by atoms with Crippen molar-refractivity contribution in [2.24, 2.45) is 0 Å². The molecule has 0 radical (unpaired) electrons. The molecule has 0 saturated heterocycles. The lowest BCUT2D eigenvalue weighted by Gasteiger charge is -2.10. The molecule has 1 aliphatic heterocycles. The lowest BCUT2D eigenvalue weighted by molar-refractivity contribution is -0.00485. The summed E-state index contributed by atoms with van der Waals surface area (Å²) in [6.07, 6.45) is 0. The maximum atomic E-state index is 11.6. The van der Waals surface area contributed by atoms with Gasteiger partial charge in [-0.15, -0.1) is 5.06 Å². The van der Waals surface area contributed by atoms with Crippen molar-refractivity contribution in [2.45, 2.75) is 0 Å². The SMILES string of the molecule is CPON1C(=O)c2ccccc2C1=O. The fraction of sp³-hybridized carbons (Fsp3) is 0.111. The van der Waals surface area contributed by atoms with E-state index in [2.05, 4.69) is 0 Å². The van der Waals surface area contributed by atoms with Gasteiger partial charge in [-0.25, -0.2) is 4.62 Å². The highest BCUT2D eigenvalue weighted by molar-refractivity contribution is 7.31. The van der Waals surface area contributed by atoms with Crippen molar-refractivity contribution < 1.29 is 14.2 Å². The van der Waals surface area contributed by atoms with Crippen molar-refractivity contribution in [2.75, 3.05) is 6.66 Å². The van der Waals surface area contributed by atoms with Crippen LogP contribution in [0.3, 0.4) is 0 Å². The fourth-order valence-corrected chi connectivity index (χ4v) is 1.69. The molecule has 4 nitrogen and oxygen atoms in total. The van der Waals surface area contributed by atoms with E-state index in [1.54, 1.807) is 30.9 Å². The van der Waals surface area contributed by atoms with Crippen LogP contribution in [-0.2, 0) is 4.62 Å². The minimum Gasteiger partial charge on any atom is -0.266 e. The quantitative estimate of drug-likeness (QED) is 0.546. The molecule has 14 heavy (non-hydrogen) atoms. The predicted molar refractivity (Wildman–Crippen MR) is 52.3 cm³/mol. The number of carbonyl (C=O) groups is 2. The Bertz CT molecular complexity index is 370. The number of fused-ring (bicyclic) bond motifs is 1. The Morgan fingerprint density at radius 1 is 1.14 bits per heavy atom. The second-order valence-corrected chi connectivity index (χ2v) is 3.34. The number of amides is 2. The van der Waals surface area contributed by atoms with Crippen LogP contribution in [-0.4, -0.2) is 23.5 Å². The molecule has 1 aromatic rings. The Morgan fingerprint density at radius 2 is 1.64 bits per heavy atom. The van der Waals surface area contributed by atoms with E-state index < -0.39 is 0 Å². The van der Waals surface area contributed by atoms with Crippen LogP contribution in [0.2, 0.25) is 0 Å². The molecule has 1 atom stereocenters. The Labute approximate surface area is 82.7 Å². The summed E-state index contributed by atoms with van der Waals surface area (Å²) in [5.74, 6) is -0.750. The molecule has 1 unspecified atom stereocenters. The number of imide groups is 1. The summed E-state index contributed by atoms with van der Waals surface area (Å²) in [5.41, 5.74) is 0.825. The molecule has 5 heteroatoms. The summed E-state index contributed by atoms with van der Waals surface area (Å²) in [5, 5.41) is 0.823. The molecule has 0 N–H and O–H groups in total. The van der Waals surface area contributed by atoms with E-state index in [4.69, 9.17) is 4.62 Å². The van der Waals surface area contributed by atoms with Crippen LogP contribution in [0.5, 0.6) is 0 Å². The minimum absolute atomic E-state index is 0.0757. The zero-order valence-corrected chi connectivity index (χ0v) is 8.48. The van der Waals surface area contributed by atoms with Gasteiger partial charge in [-0.05, 0) is 18.8 Å². The first-order valence-corrected chi connectivity index (χ1v) is 5.48. The van der Waals surface area contributed by atoms with Gasteiger partial charge in [-0.2, -0.15) is 0 Å². The van der Waals surface area contributed by atoms with Gasteiger partial charge in [0, 0.05) is 8.81 Å². The van der Waals surface area contributed by atoms with Crippen LogP contribution < -0.4 is 0 Å². The zero-order chi connectivity index (χ0) is 10.1. The number of hydrogen-bond acceptors (Lipinski definition) is 3. The average molecular weight is 209 g/mol. The second kappa shape index (κ2) is 3.48. The summed E-state index contributed by atoms with van der Waals surface area (Å²) in [6.45, 7) is 1.75. The average Bonchev–Trinajstić information content (AvgIpc) is 2.45. The summed E-state index contributed by atoms with van der Waals surface area (Å²) in [6, 6.07) is 6.69. The molecule has 0 saturated carbocycles. The number of benzene rings is 1. The van der Waals surface area contributed by atoms with Crippen molar-refractivity contribution in [3.8, 4) is 0 Å². The highest BCUT2D eigenvalue weighted by atomic mass is 31.1. The van der Waals surface area contributed by atoms with E-state index in [1.807, 2.05) is 0 Å². The van der Waals surface area contributed by atoms with Gasteiger partial charge < -0.3 is 0 Å². The van der Waals surface area contributed by atoms with Gasteiger partial charge >= 0.3 is 0 Å². The fourth-order valence-electron chi connectivity index (χ4n) is 1.34. The van der Waals surface area contributed by atoms with Crippen molar-refractivity contribution in [3.63, 3.8) is 0 Å². The van der Waals surface area contributed by atoms with Crippen LogP contribution in [0.4, 0.5) is 0 Å². The smallest absolute Gasteiger partial charge is 0.266 e. The molecule has 0 spiro atoms. The molecule has 0 bridgehead atoms. The maximum absolute atomic E-state index is 11.6. The Balaban J connectivity index is 2.43. The number of hydrogen-bond donors (Lipinski definition) is 0. The van der Waals surface area contributed by atoms with Crippen molar-refractivity contribution in [1.29, 1.82) is 0 Å². The number of rotatable bonds is 2. The van der Waals surface area contributed by atoms with E-state index in [0.29, 0.717) is 11.1 Å². The summed E-state index contributed by atoms with van der Waals surface area (Å²) in [7, 11) is 0.0757. The highest BCUT2D eigenvalue weighted by Gasteiger charge is 2.36. The van der Waals surface area contributed by atoms with Gasteiger partial charge in [0.05, 0.1) is 11.1 Å². The molecular formula is C9H8NO3P. The van der Waals surface area contributed by atoms with Gasteiger partial charge in [-0.1, -0.05) is 12.1 Å². The van der Waals surface area contributed by atoms with Crippen molar-refractivity contribution >= 4 is 20.6 Å². The third-order valence-electron chi connectivity index (χ3n) is 1.94. The zero-order valence-electron chi connectivity index (χ0n) is 7.48. The third kappa shape index (κ3) is 1.24. The van der Waals surface area contributed by atoms with Crippen molar-refractivity contribution in [1.82, 2.24) is 5.06 Å². The van der Waals surface area contributed by atoms with Gasteiger partial charge in [0.25, 0.3) is 11.8 Å². The van der Waals surface area contributed by atoms with Crippen molar-refractivity contribution in [3.05, 3.63) is 35.4 Å². The molecule has 1 aromatic carbocycles.